The van der Waals surface area contributed by atoms with Gasteiger partial charge >= 0.3 is 10.1 Å². The highest BCUT2D eigenvalue weighted by atomic mass is 32.2. The number of halogens is 1. The molecule has 0 bridgehead atoms. The van der Waals surface area contributed by atoms with Crippen molar-refractivity contribution in [2.45, 2.75) is 18.7 Å². The third-order valence-electron chi connectivity index (χ3n) is 4.09. The van der Waals surface area contributed by atoms with Crippen LogP contribution in [0.4, 0.5) is 4.39 Å². The van der Waals surface area contributed by atoms with Gasteiger partial charge in [-0.3, -0.25) is 0 Å². The number of hydroxylamine groups is 2. The van der Waals surface area contributed by atoms with Crippen LogP contribution >= 0.6 is 0 Å². The van der Waals surface area contributed by atoms with Gasteiger partial charge in [-0.2, -0.15) is 17.8 Å². The summed E-state index contributed by atoms with van der Waals surface area (Å²) < 4.78 is 43.2. The molecule has 0 saturated carbocycles. The molecule has 3 rings (SSSR count). The summed E-state index contributed by atoms with van der Waals surface area (Å²) in [5.74, 6) is -0.125. The van der Waals surface area contributed by atoms with Crippen molar-refractivity contribution >= 4 is 16.2 Å². The van der Waals surface area contributed by atoms with Crippen LogP contribution in [-0.2, 0) is 14.4 Å². The molecule has 4 nitrogen and oxygen atoms in total. The molecule has 1 aliphatic rings. The fourth-order valence-electron chi connectivity index (χ4n) is 2.55. The first-order valence-electron chi connectivity index (χ1n) is 8.04. The zero-order valence-corrected chi connectivity index (χ0v) is 15.0. The molecule has 1 fully saturated rings. The van der Waals surface area contributed by atoms with E-state index in [4.69, 9.17) is 4.28 Å². The molecule has 132 valence electrons. The fourth-order valence-corrected chi connectivity index (χ4v) is 3.50. The fraction of sp³-hybridized carbons (Fsp3) is 0.263. The maximum absolute atomic E-state index is 13.8. The van der Waals surface area contributed by atoms with Gasteiger partial charge in [-0.05, 0) is 37.6 Å². The van der Waals surface area contributed by atoms with Crippen molar-refractivity contribution in [2.75, 3.05) is 13.1 Å². The summed E-state index contributed by atoms with van der Waals surface area (Å²) in [4.78, 5) is 0.138. The zero-order valence-electron chi connectivity index (χ0n) is 14.1. The van der Waals surface area contributed by atoms with E-state index in [1.54, 1.807) is 24.3 Å². The van der Waals surface area contributed by atoms with Gasteiger partial charge in [-0.1, -0.05) is 42.0 Å². The summed E-state index contributed by atoms with van der Waals surface area (Å²) in [6.07, 6.45) is 3.61. The maximum Gasteiger partial charge on any atom is 0.313 e. The molecular weight excluding hydrogens is 341 g/mol. The first-order valence-corrected chi connectivity index (χ1v) is 9.45. The summed E-state index contributed by atoms with van der Waals surface area (Å²) in [6.45, 7) is 4.64. The molecule has 25 heavy (non-hydrogen) atoms. The monoisotopic (exact) mass is 361 g/mol. The van der Waals surface area contributed by atoms with Crippen LogP contribution < -0.4 is 0 Å². The van der Waals surface area contributed by atoms with Crippen molar-refractivity contribution in [3.63, 3.8) is 0 Å². The third-order valence-corrected chi connectivity index (χ3v) is 5.35. The van der Waals surface area contributed by atoms with Crippen molar-refractivity contribution in [3.05, 3.63) is 71.0 Å². The van der Waals surface area contributed by atoms with Crippen molar-refractivity contribution in [1.82, 2.24) is 5.06 Å². The van der Waals surface area contributed by atoms with Gasteiger partial charge in [0.2, 0.25) is 0 Å². The molecule has 6 heteroatoms. The quantitative estimate of drug-likeness (QED) is 0.815. The maximum atomic E-state index is 13.8. The highest BCUT2D eigenvalue weighted by Gasteiger charge is 2.30. The molecule has 0 aromatic heterocycles. The Morgan fingerprint density at radius 2 is 1.72 bits per heavy atom. The Kier molecular flexibility index (Phi) is 5.03. The minimum atomic E-state index is -3.80. The second kappa shape index (κ2) is 7.07. The standard InChI is InChI=1S/C19H20FNO3S/c1-14-4-9-18(10-5-14)25(22,23)24-21-12-16(13-21)6-8-17-7-3-15(2)11-19(17)20/h3-11,16H,12-13H2,1-2H3/b8-6+. The van der Waals surface area contributed by atoms with Gasteiger partial charge in [0.1, 0.15) is 5.82 Å². The Morgan fingerprint density at radius 1 is 1.08 bits per heavy atom. The van der Waals surface area contributed by atoms with Crippen molar-refractivity contribution < 1.29 is 17.1 Å². The molecule has 0 aliphatic carbocycles. The lowest BCUT2D eigenvalue weighted by molar-refractivity contribution is -0.122. The molecule has 2 aromatic rings. The first-order chi connectivity index (χ1) is 11.8. The van der Waals surface area contributed by atoms with E-state index in [-0.39, 0.29) is 16.6 Å². The predicted molar refractivity (Wildman–Crippen MR) is 94.7 cm³/mol. The van der Waals surface area contributed by atoms with Gasteiger partial charge in [0, 0.05) is 24.6 Å². The molecule has 1 aliphatic heterocycles. The summed E-state index contributed by atoms with van der Waals surface area (Å²) in [5.41, 5.74) is 2.38. The van der Waals surface area contributed by atoms with Gasteiger partial charge in [0.05, 0.1) is 4.90 Å². The lowest BCUT2D eigenvalue weighted by Gasteiger charge is -2.35. The smallest absolute Gasteiger partial charge is 0.206 e. The summed E-state index contributed by atoms with van der Waals surface area (Å²) in [7, 11) is -3.80. The lowest BCUT2D eigenvalue weighted by Crippen LogP contribution is -2.46. The Labute approximate surface area is 147 Å². The van der Waals surface area contributed by atoms with Crippen LogP contribution in [-0.4, -0.2) is 26.6 Å². The number of rotatable bonds is 5. The van der Waals surface area contributed by atoms with Crippen LogP contribution in [0.3, 0.4) is 0 Å². The third kappa shape index (κ3) is 4.34. The number of nitrogens with zero attached hydrogens (tertiary/aromatic N) is 1. The Balaban J connectivity index is 1.55. The van der Waals surface area contributed by atoms with Crippen molar-refractivity contribution in [3.8, 4) is 0 Å². The Bertz CT molecular complexity index is 885. The first kappa shape index (κ1) is 17.8. The largest absolute Gasteiger partial charge is 0.313 e. The molecule has 0 unspecified atom stereocenters. The number of benzene rings is 2. The lowest BCUT2D eigenvalue weighted by atomic mass is 10.0. The second-order valence-corrected chi connectivity index (χ2v) is 7.86. The van der Waals surface area contributed by atoms with Crippen molar-refractivity contribution in [2.24, 2.45) is 5.92 Å². The molecule has 1 saturated heterocycles. The molecule has 0 atom stereocenters. The average Bonchev–Trinajstić information content (AvgIpc) is 2.51. The summed E-state index contributed by atoms with van der Waals surface area (Å²) in [5, 5.41) is 1.40. The molecule has 0 amide bonds. The summed E-state index contributed by atoms with van der Waals surface area (Å²) >= 11 is 0. The van der Waals surface area contributed by atoms with E-state index >= 15 is 0 Å². The number of hydrogen-bond donors (Lipinski definition) is 0. The highest BCUT2D eigenvalue weighted by Crippen LogP contribution is 2.23. The van der Waals surface area contributed by atoms with Crippen LogP contribution in [0.1, 0.15) is 16.7 Å². The van der Waals surface area contributed by atoms with Gasteiger partial charge < -0.3 is 0 Å². The zero-order chi connectivity index (χ0) is 18.0. The van der Waals surface area contributed by atoms with Gasteiger partial charge in [0.15, 0.2) is 0 Å². The van der Waals surface area contributed by atoms with E-state index in [9.17, 15) is 12.8 Å². The Hall–Kier alpha value is -2.02. The topological polar surface area (TPSA) is 46.6 Å². The van der Waals surface area contributed by atoms with E-state index in [2.05, 4.69) is 0 Å². The van der Waals surface area contributed by atoms with Crippen LogP contribution in [0.25, 0.3) is 6.08 Å². The van der Waals surface area contributed by atoms with Crippen LogP contribution in [0.5, 0.6) is 0 Å². The predicted octanol–water partition coefficient (Wildman–Crippen LogP) is 3.71. The van der Waals surface area contributed by atoms with Crippen LogP contribution in [0, 0.1) is 25.6 Å². The minimum Gasteiger partial charge on any atom is -0.206 e. The molecular formula is C19H20FNO3S. The SMILES string of the molecule is Cc1ccc(S(=O)(=O)ON2CC(/C=C/c3ccc(C)cc3F)C2)cc1. The van der Waals surface area contributed by atoms with Gasteiger partial charge in [-0.25, -0.2) is 4.39 Å². The second-order valence-electron chi connectivity index (χ2n) is 6.33. The van der Waals surface area contributed by atoms with E-state index in [0.717, 1.165) is 11.1 Å². The molecule has 1 heterocycles. The van der Waals surface area contributed by atoms with Gasteiger partial charge in [0.25, 0.3) is 0 Å². The van der Waals surface area contributed by atoms with E-state index < -0.39 is 10.1 Å². The minimum absolute atomic E-state index is 0.133. The molecule has 0 spiro atoms. The average molecular weight is 361 g/mol. The number of aryl methyl sites for hydroxylation is 2. The Morgan fingerprint density at radius 3 is 2.36 bits per heavy atom. The highest BCUT2D eigenvalue weighted by molar-refractivity contribution is 7.86. The molecule has 0 radical (unpaired) electrons. The normalized spacial score (nSPS) is 16.3. The van der Waals surface area contributed by atoms with E-state index in [0.29, 0.717) is 18.7 Å². The van der Waals surface area contributed by atoms with Crippen LogP contribution in [0.15, 0.2) is 53.4 Å². The van der Waals surface area contributed by atoms with Crippen molar-refractivity contribution in [1.29, 1.82) is 0 Å². The number of hydrogen-bond acceptors (Lipinski definition) is 4. The van der Waals surface area contributed by atoms with E-state index in [1.807, 2.05) is 26.0 Å². The molecule has 0 N–H and O–H groups in total. The summed E-state index contributed by atoms with van der Waals surface area (Å²) in [6, 6.07) is 11.6. The molecule has 2 aromatic carbocycles. The van der Waals surface area contributed by atoms with Crippen LogP contribution in [0.2, 0.25) is 0 Å². The van der Waals surface area contributed by atoms with E-state index in [1.165, 1.54) is 23.3 Å². The van der Waals surface area contributed by atoms with Gasteiger partial charge in [-0.15, -0.1) is 0 Å².